The highest BCUT2D eigenvalue weighted by Crippen LogP contribution is 2.27. The van der Waals surface area contributed by atoms with E-state index in [1.54, 1.807) is 12.5 Å². The van der Waals surface area contributed by atoms with Crippen LogP contribution in [0, 0.1) is 5.41 Å². The van der Waals surface area contributed by atoms with Crippen molar-refractivity contribution in [2.45, 2.75) is 20.8 Å². The van der Waals surface area contributed by atoms with Crippen LogP contribution in [0.3, 0.4) is 0 Å². The average molecular weight is 266 g/mol. The van der Waals surface area contributed by atoms with E-state index in [1.807, 2.05) is 12.1 Å². The molecule has 0 saturated carbocycles. The molecule has 0 radical (unpaired) electrons. The summed E-state index contributed by atoms with van der Waals surface area (Å²) >= 11 is 5.84. The number of anilines is 1. The molecule has 0 aliphatic heterocycles. The Labute approximate surface area is 111 Å². The highest BCUT2D eigenvalue weighted by atomic mass is 35.5. The molecule has 0 atom stereocenters. The molecule has 2 aromatic heterocycles. The minimum Gasteiger partial charge on any atom is -0.464 e. The largest absolute Gasteiger partial charge is 0.464 e. The first-order valence-electron chi connectivity index (χ1n) is 5.76. The van der Waals surface area contributed by atoms with Crippen LogP contribution in [0.4, 0.5) is 5.82 Å². The molecule has 2 rings (SSSR count). The molecule has 0 spiro atoms. The molecule has 0 aliphatic carbocycles. The van der Waals surface area contributed by atoms with E-state index >= 15 is 0 Å². The molecule has 4 nitrogen and oxygen atoms in total. The number of nitrogens with zero attached hydrogens (tertiary/aromatic N) is 2. The van der Waals surface area contributed by atoms with E-state index in [4.69, 9.17) is 16.0 Å². The molecule has 0 aromatic carbocycles. The first kappa shape index (κ1) is 12.9. The van der Waals surface area contributed by atoms with Gasteiger partial charge in [0.2, 0.25) is 5.28 Å². The Balaban J connectivity index is 2.30. The van der Waals surface area contributed by atoms with Gasteiger partial charge in [-0.25, -0.2) is 9.97 Å². The first-order chi connectivity index (χ1) is 8.46. The van der Waals surface area contributed by atoms with E-state index in [0.717, 1.165) is 17.9 Å². The Morgan fingerprint density at radius 3 is 2.78 bits per heavy atom. The predicted octanol–water partition coefficient (Wildman–Crippen LogP) is 3.85. The van der Waals surface area contributed by atoms with Crippen LogP contribution in [0.1, 0.15) is 20.8 Å². The Morgan fingerprint density at radius 2 is 2.17 bits per heavy atom. The third kappa shape index (κ3) is 3.23. The van der Waals surface area contributed by atoms with E-state index in [0.29, 0.717) is 5.82 Å². The summed E-state index contributed by atoms with van der Waals surface area (Å²) in [5.41, 5.74) is 0.964. The van der Waals surface area contributed by atoms with Gasteiger partial charge in [0.15, 0.2) is 0 Å². The van der Waals surface area contributed by atoms with Crippen LogP contribution >= 0.6 is 11.6 Å². The van der Waals surface area contributed by atoms with Crippen molar-refractivity contribution in [3.8, 4) is 11.3 Å². The van der Waals surface area contributed by atoms with Crippen LogP contribution in [-0.4, -0.2) is 16.5 Å². The van der Waals surface area contributed by atoms with E-state index in [-0.39, 0.29) is 10.7 Å². The lowest BCUT2D eigenvalue weighted by Crippen LogP contribution is -2.20. The van der Waals surface area contributed by atoms with Crippen molar-refractivity contribution >= 4 is 17.4 Å². The average Bonchev–Trinajstić information content (AvgIpc) is 2.79. The zero-order valence-corrected chi connectivity index (χ0v) is 11.5. The van der Waals surface area contributed by atoms with E-state index in [9.17, 15) is 0 Å². The lowest BCUT2D eigenvalue weighted by molar-refractivity contribution is 0.442. The van der Waals surface area contributed by atoms with Crippen molar-refractivity contribution in [2.24, 2.45) is 5.41 Å². The molecule has 1 N–H and O–H groups in total. The minimum absolute atomic E-state index is 0.151. The Hall–Kier alpha value is -1.55. The second-order valence-electron chi connectivity index (χ2n) is 5.29. The molecular formula is C13H16ClN3O. The summed E-state index contributed by atoms with van der Waals surface area (Å²) in [7, 11) is 0. The monoisotopic (exact) mass is 265 g/mol. The van der Waals surface area contributed by atoms with Gasteiger partial charge in [-0.05, 0) is 29.1 Å². The van der Waals surface area contributed by atoms with Gasteiger partial charge in [0.05, 0.1) is 11.8 Å². The number of hydrogen-bond donors (Lipinski definition) is 1. The van der Waals surface area contributed by atoms with Crippen LogP contribution in [-0.2, 0) is 0 Å². The molecule has 0 saturated heterocycles. The van der Waals surface area contributed by atoms with Gasteiger partial charge in [-0.1, -0.05) is 20.8 Å². The maximum atomic E-state index is 5.84. The number of aromatic nitrogens is 2. The standard InChI is InChI=1S/C13H16ClN3O/c1-13(2,3)8-16-11-9(7-15-12(14)17-11)10-5-4-6-18-10/h4-7H,8H2,1-3H3,(H,15,16,17). The maximum Gasteiger partial charge on any atom is 0.224 e. The number of nitrogens with one attached hydrogen (secondary N) is 1. The molecule has 2 heterocycles. The van der Waals surface area contributed by atoms with Crippen molar-refractivity contribution in [1.82, 2.24) is 9.97 Å². The second kappa shape index (κ2) is 4.98. The third-order valence-corrected chi connectivity index (χ3v) is 2.51. The normalized spacial score (nSPS) is 11.6. The summed E-state index contributed by atoms with van der Waals surface area (Å²) < 4.78 is 5.37. The molecule has 0 aliphatic rings. The summed E-state index contributed by atoms with van der Waals surface area (Å²) in [6, 6.07) is 3.70. The van der Waals surface area contributed by atoms with Gasteiger partial charge in [0.25, 0.3) is 0 Å². The SMILES string of the molecule is CC(C)(C)CNc1nc(Cl)ncc1-c1ccco1. The summed E-state index contributed by atoms with van der Waals surface area (Å²) in [6.45, 7) is 7.23. The Morgan fingerprint density at radius 1 is 1.39 bits per heavy atom. The predicted molar refractivity (Wildman–Crippen MR) is 72.7 cm³/mol. The van der Waals surface area contributed by atoms with Gasteiger partial charge in [0, 0.05) is 12.7 Å². The van der Waals surface area contributed by atoms with Crippen LogP contribution in [0.25, 0.3) is 11.3 Å². The fraction of sp³-hybridized carbons (Fsp3) is 0.385. The van der Waals surface area contributed by atoms with Gasteiger partial charge < -0.3 is 9.73 Å². The Bertz CT molecular complexity index is 518. The van der Waals surface area contributed by atoms with Crippen molar-refractivity contribution in [1.29, 1.82) is 0 Å². The summed E-state index contributed by atoms with van der Waals surface area (Å²) in [5.74, 6) is 1.42. The number of furan rings is 1. The van der Waals surface area contributed by atoms with Gasteiger partial charge in [-0.3, -0.25) is 0 Å². The number of hydrogen-bond acceptors (Lipinski definition) is 4. The van der Waals surface area contributed by atoms with Crippen molar-refractivity contribution in [3.05, 3.63) is 29.9 Å². The molecule has 5 heteroatoms. The second-order valence-corrected chi connectivity index (χ2v) is 5.63. The first-order valence-corrected chi connectivity index (χ1v) is 6.14. The molecule has 18 heavy (non-hydrogen) atoms. The zero-order chi connectivity index (χ0) is 13.2. The zero-order valence-electron chi connectivity index (χ0n) is 10.7. The van der Waals surface area contributed by atoms with Crippen molar-refractivity contribution < 1.29 is 4.42 Å². The molecule has 96 valence electrons. The van der Waals surface area contributed by atoms with Crippen molar-refractivity contribution in [2.75, 3.05) is 11.9 Å². The van der Waals surface area contributed by atoms with Gasteiger partial charge in [-0.15, -0.1) is 0 Å². The molecule has 0 amide bonds. The molecule has 0 unspecified atom stereocenters. The van der Waals surface area contributed by atoms with Crippen molar-refractivity contribution in [3.63, 3.8) is 0 Å². The maximum absolute atomic E-state index is 5.84. The minimum atomic E-state index is 0.151. The Kier molecular flexibility index (Phi) is 3.57. The van der Waals surface area contributed by atoms with Crippen LogP contribution in [0.5, 0.6) is 0 Å². The fourth-order valence-corrected chi connectivity index (χ4v) is 1.59. The summed E-state index contributed by atoms with van der Waals surface area (Å²) in [4.78, 5) is 8.21. The lowest BCUT2D eigenvalue weighted by Gasteiger charge is -2.20. The molecular weight excluding hydrogens is 250 g/mol. The highest BCUT2D eigenvalue weighted by molar-refractivity contribution is 6.28. The van der Waals surface area contributed by atoms with E-state index < -0.39 is 0 Å². The third-order valence-electron chi connectivity index (χ3n) is 2.33. The number of rotatable bonds is 3. The number of halogens is 1. The molecule has 2 aromatic rings. The van der Waals surface area contributed by atoms with Gasteiger partial charge in [0.1, 0.15) is 11.6 Å². The topological polar surface area (TPSA) is 51.0 Å². The summed E-state index contributed by atoms with van der Waals surface area (Å²) in [5, 5.41) is 3.51. The quantitative estimate of drug-likeness (QED) is 0.857. The van der Waals surface area contributed by atoms with Gasteiger partial charge >= 0.3 is 0 Å². The van der Waals surface area contributed by atoms with Crippen LogP contribution < -0.4 is 5.32 Å². The van der Waals surface area contributed by atoms with Crippen LogP contribution in [0.15, 0.2) is 29.0 Å². The fourth-order valence-electron chi connectivity index (χ4n) is 1.46. The highest BCUT2D eigenvalue weighted by Gasteiger charge is 2.14. The van der Waals surface area contributed by atoms with E-state index in [1.165, 1.54) is 0 Å². The van der Waals surface area contributed by atoms with E-state index in [2.05, 4.69) is 36.1 Å². The van der Waals surface area contributed by atoms with Crippen LogP contribution in [0.2, 0.25) is 5.28 Å². The smallest absolute Gasteiger partial charge is 0.224 e. The summed E-state index contributed by atoms with van der Waals surface area (Å²) in [6.07, 6.45) is 3.29. The van der Waals surface area contributed by atoms with Gasteiger partial charge in [-0.2, -0.15) is 0 Å². The lowest BCUT2D eigenvalue weighted by atomic mass is 9.97. The molecule has 0 fully saturated rings. The molecule has 0 bridgehead atoms.